The van der Waals surface area contributed by atoms with Gasteiger partial charge in [-0.3, -0.25) is 0 Å². The highest BCUT2D eigenvalue weighted by Gasteiger charge is 2.20. The molecule has 2 heteroatoms. The van der Waals surface area contributed by atoms with E-state index in [4.69, 9.17) is 0 Å². The van der Waals surface area contributed by atoms with Crippen LogP contribution >= 0.6 is 0 Å². The third-order valence-corrected chi connectivity index (χ3v) is 12.4. The lowest BCUT2D eigenvalue weighted by atomic mass is 10.1. The first kappa shape index (κ1) is 24.1. The Labute approximate surface area is 229 Å². The Hall–Kier alpha value is -4.25. The van der Waals surface area contributed by atoms with Gasteiger partial charge in [-0.1, -0.05) is 201 Å². The van der Waals surface area contributed by atoms with Crippen LogP contribution in [-0.4, -0.2) is 17.6 Å². The normalized spacial score (nSPS) is 11.1. The largest absolute Gasteiger partial charge is 0.154 e. The molecule has 0 aliphatic rings. The minimum absolute atomic E-state index is 1.05. The summed E-state index contributed by atoms with van der Waals surface area (Å²) in [5.41, 5.74) is 2.52. The fraction of sp³-hybridized carbons (Fsp3) is 0. The molecule has 0 N–H and O–H groups in total. The molecule has 6 aromatic rings. The van der Waals surface area contributed by atoms with Gasteiger partial charge >= 0.3 is 0 Å². The van der Waals surface area contributed by atoms with Gasteiger partial charge in [-0.15, -0.1) is 0 Å². The lowest BCUT2D eigenvalue weighted by Crippen LogP contribution is -2.51. The van der Waals surface area contributed by atoms with E-state index >= 15 is 0 Å². The molecule has 0 fully saturated rings. The highest BCUT2D eigenvalue weighted by molar-refractivity contribution is 6.96. The van der Waals surface area contributed by atoms with E-state index < -0.39 is 17.6 Å². The van der Waals surface area contributed by atoms with Gasteiger partial charge in [0.15, 0.2) is 17.6 Å². The van der Waals surface area contributed by atoms with Crippen LogP contribution in [-0.2, 0) is 0 Å². The zero-order valence-electron chi connectivity index (χ0n) is 21.2. The second-order valence-electron chi connectivity index (χ2n) is 9.37. The topological polar surface area (TPSA) is 0 Å². The molecular weight excluding hydrogens is 489 g/mol. The standard InChI is InChI=1S/C36H28Si2/c1-5-13-31(14-6-1)37(32-15-7-2-8-16-32)35-25-21-29(22-26-35)30-23-27-36(28-24-30)38(33-17-9-3-10-18-33)34-19-11-4-12-20-34/h1-28H. The summed E-state index contributed by atoms with van der Waals surface area (Å²) in [6, 6.07) is 62.3. The molecule has 6 rings (SSSR count). The third-order valence-electron chi connectivity index (χ3n) is 6.93. The average molecular weight is 517 g/mol. The summed E-state index contributed by atoms with van der Waals surface area (Å²) in [5, 5.41) is 8.47. The van der Waals surface area contributed by atoms with E-state index in [0.717, 1.165) is 0 Å². The predicted octanol–water partition coefficient (Wildman–Crippen LogP) is 4.39. The molecule has 0 heterocycles. The molecule has 0 aliphatic heterocycles. The van der Waals surface area contributed by atoms with E-state index in [2.05, 4.69) is 170 Å². The van der Waals surface area contributed by atoms with Crippen molar-refractivity contribution in [2.75, 3.05) is 0 Å². The lowest BCUT2D eigenvalue weighted by Gasteiger charge is -2.18. The maximum atomic E-state index is 2.33. The molecule has 38 heavy (non-hydrogen) atoms. The van der Waals surface area contributed by atoms with Crippen LogP contribution < -0.4 is 31.1 Å². The predicted molar refractivity (Wildman–Crippen MR) is 167 cm³/mol. The molecule has 0 spiro atoms. The fourth-order valence-electron chi connectivity index (χ4n) is 5.08. The van der Waals surface area contributed by atoms with Crippen LogP contribution in [0.5, 0.6) is 0 Å². The quantitative estimate of drug-likeness (QED) is 0.218. The van der Waals surface area contributed by atoms with E-state index in [0.29, 0.717) is 0 Å². The summed E-state index contributed by atoms with van der Waals surface area (Å²) in [5.74, 6) is 0. The van der Waals surface area contributed by atoms with E-state index in [1.807, 2.05) is 0 Å². The van der Waals surface area contributed by atoms with Crippen LogP contribution in [0, 0.1) is 0 Å². The zero-order chi connectivity index (χ0) is 25.6. The first-order chi connectivity index (χ1) is 18.9. The molecule has 6 aromatic carbocycles. The fourth-order valence-corrected chi connectivity index (χ4v) is 10.2. The van der Waals surface area contributed by atoms with Crippen molar-refractivity contribution in [3.8, 4) is 11.1 Å². The van der Waals surface area contributed by atoms with Crippen LogP contribution in [0.4, 0.5) is 0 Å². The van der Waals surface area contributed by atoms with Gasteiger partial charge in [-0.25, -0.2) is 0 Å². The summed E-state index contributed by atoms with van der Waals surface area (Å²) in [4.78, 5) is 0. The first-order valence-electron chi connectivity index (χ1n) is 13.0. The summed E-state index contributed by atoms with van der Waals surface area (Å²) < 4.78 is 0. The van der Waals surface area contributed by atoms with Crippen molar-refractivity contribution < 1.29 is 0 Å². The van der Waals surface area contributed by atoms with Crippen molar-refractivity contribution in [1.82, 2.24) is 0 Å². The van der Waals surface area contributed by atoms with E-state index in [1.165, 1.54) is 42.2 Å². The number of hydrogen-bond donors (Lipinski definition) is 0. The van der Waals surface area contributed by atoms with Gasteiger partial charge in [0.2, 0.25) is 0 Å². The maximum Gasteiger partial charge on any atom is 0.154 e. The molecule has 180 valence electrons. The number of hydrogen-bond acceptors (Lipinski definition) is 0. The summed E-state index contributed by atoms with van der Waals surface area (Å²) in [6.45, 7) is 0. The SMILES string of the molecule is c1ccc([Si](c2ccccc2)c2ccc(-c3ccc([Si](c4ccccc4)c4ccccc4)cc3)cc2)cc1. The molecule has 0 bridgehead atoms. The Bertz CT molecular complexity index is 1360. The van der Waals surface area contributed by atoms with Crippen molar-refractivity contribution in [3.63, 3.8) is 0 Å². The Kier molecular flexibility index (Phi) is 7.25. The van der Waals surface area contributed by atoms with Gasteiger partial charge in [0.1, 0.15) is 0 Å². The van der Waals surface area contributed by atoms with Crippen molar-refractivity contribution in [1.29, 1.82) is 0 Å². The summed E-state index contributed by atoms with van der Waals surface area (Å²) >= 11 is 0. The van der Waals surface area contributed by atoms with Crippen LogP contribution in [0.2, 0.25) is 0 Å². The van der Waals surface area contributed by atoms with E-state index in [9.17, 15) is 0 Å². The smallest absolute Gasteiger partial charge is 0.0624 e. The third kappa shape index (κ3) is 5.23. The van der Waals surface area contributed by atoms with Crippen molar-refractivity contribution >= 4 is 48.7 Å². The van der Waals surface area contributed by atoms with Crippen LogP contribution in [0.15, 0.2) is 170 Å². The first-order valence-corrected chi connectivity index (χ1v) is 16.0. The molecule has 0 aromatic heterocycles. The van der Waals surface area contributed by atoms with Gasteiger partial charge in [0.25, 0.3) is 0 Å². The maximum absolute atomic E-state index is 2.33. The molecule has 0 saturated carbocycles. The number of benzene rings is 6. The summed E-state index contributed by atoms with van der Waals surface area (Å²) in [7, 11) is -2.10. The second-order valence-corrected chi connectivity index (χ2v) is 14.3. The summed E-state index contributed by atoms with van der Waals surface area (Å²) in [6.07, 6.45) is 0. The molecule has 0 saturated heterocycles. The molecule has 0 unspecified atom stereocenters. The van der Waals surface area contributed by atoms with E-state index in [1.54, 1.807) is 0 Å². The molecule has 0 amide bonds. The number of rotatable bonds is 7. The minimum Gasteiger partial charge on any atom is -0.0624 e. The van der Waals surface area contributed by atoms with Gasteiger partial charge in [-0.05, 0) is 11.1 Å². The zero-order valence-corrected chi connectivity index (χ0v) is 23.2. The molecule has 0 atom stereocenters. The van der Waals surface area contributed by atoms with Gasteiger partial charge < -0.3 is 0 Å². The molecule has 0 aliphatic carbocycles. The lowest BCUT2D eigenvalue weighted by molar-refractivity contribution is 1.64. The van der Waals surface area contributed by atoms with Gasteiger partial charge in [0.05, 0.1) is 0 Å². The average Bonchev–Trinajstić information content (AvgIpc) is 3.00. The van der Waals surface area contributed by atoms with Crippen LogP contribution in [0.25, 0.3) is 11.1 Å². The molecular formula is C36H28Si2. The Morgan fingerprint density at radius 3 is 0.658 bits per heavy atom. The van der Waals surface area contributed by atoms with Crippen molar-refractivity contribution in [2.45, 2.75) is 0 Å². The Balaban J connectivity index is 1.31. The van der Waals surface area contributed by atoms with Gasteiger partial charge in [-0.2, -0.15) is 0 Å². The molecule has 2 radical (unpaired) electrons. The Morgan fingerprint density at radius 1 is 0.211 bits per heavy atom. The molecule has 0 nitrogen and oxygen atoms in total. The monoisotopic (exact) mass is 516 g/mol. The second kappa shape index (κ2) is 11.4. The van der Waals surface area contributed by atoms with Crippen LogP contribution in [0.1, 0.15) is 0 Å². The highest BCUT2D eigenvalue weighted by Crippen LogP contribution is 2.17. The van der Waals surface area contributed by atoms with E-state index in [-0.39, 0.29) is 0 Å². The van der Waals surface area contributed by atoms with Crippen molar-refractivity contribution in [2.24, 2.45) is 0 Å². The highest BCUT2D eigenvalue weighted by atomic mass is 28.3. The van der Waals surface area contributed by atoms with Crippen LogP contribution in [0.3, 0.4) is 0 Å². The minimum atomic E-state index is -1.05. The van der Waals surface area contributed by atoms with Gasteiger partial charge in [0, 0.05) is 0 Å². The Morgan fingerprint density at radius 2 is 0.421 bits per heavy atom. The van der Waals surface area contributed by atoms with Crippen molar-refractivity contribution in [3.05, 3.63) is 170 Å².